The van der Waals surface area contributed by atoms with Crippen LogP contribution in [0.4, 0.5) is 0 Å². The van der Waals surface area contributed by atoms with Gasteiger partial charge in [-0.3, -0.25) is 9.59 Å². The van der Waals surface area contributed by atoms with Crippen molar-refractivity contribution in [2.45, 2.75) is 20.3 Å². The van der Waals surface area contributed by atoms with Crippen LogP contribution in [0.3, 0.4) is 0 Å². The first-order valence-corrected chi connectivity index (χ1v) is 7.67. The first-order chi connectivity index (χ1) is 11.1. The van der Waals surface area contributed by atoms with E-state index in [1.807, 2.05) is 32.0 Å². The van der Waals surface area contributed by atoms with Crippen LogP contribution in [-0.4, -0.2) is 38.1 Å². The van der Waals surface area contributed by atoms with Crippen molar-refractivity contribution < 1.29 is 19.1 Å². The van der Waals surface area contributed by atoms with E-state index in [9.17, 15) is 9.59 Å². The van der Waals surface area contributed by atoms with E-state index >= 15 is 0 Å². The van der Waals surface area contributed by atoms with Crippen LogP contribution in [-0.2, 0) is 16.0 Å². The molecule has 1 aromatic carbocycles. The molecule has 0 spiro atoms. The number of carbonyl (C=O) groups excluding carboxylic acids is 2. The van der Waals surface area contributed by atoms with Gasteiger partial charge in [0.2, 0.25) is 0 Å². The van der Waals surface area contributed by atoms with Crippen molar-refractivity contribution in [3.05, 3.63) is 36.4 Å². The molecule has 0 radical (unpaired) electrons. The van der Waals surface area contributed by atoms with E-state index in [0.29, 0.717) is 37.7 Å². The van der Waals surface area contributed by atoms with Crippen LogP contribution in [0.25, 0.3) is 0 Å². The molecule has 0 aliphatic heterocycles. The highest BCUT2D eigenvalue weighted by Gasteiger charge is 2.11. The predicted octanol–water partition coefficient (Wildman–Crippen LogP) is 1.44. The lowest BCUT2D eigenvalue weighted by molar-refractivity contribution is -0.139. The Morgan fingerprint density at radius 3 is 2.39 bits per heavy atom. The SMILES string of the molecule is C=CCNC(=O)C(=O)NCCc1ccc(OCC)c(OCC)c1. The Kier molecular flexibility index (Phi) is 8.28. The summed E-state index contributed by atoms with van der Waals surface area (Å²) >= 11 is 0. The lowest BCUT2D eigenvalue weighted by atomic mass is 10.1. The minimum atomic E-state index is -0.661. The molecule has 0 heterocycles. The van der Waals surface area contributed by atoms with Crippen molar-refractivity contribution >= 4 is 11.8 Å². The molecule has 0 atom stereocenters. The summed E-state index contributed by atoms with van der Waals surface area (Å²) < 4.78 is 11.1. The maximum atomic E-state index is 11.5. The normalized spacial score (nSPS) is 9.83. The first kappa shape index (κ1) is 18.5. The van der Waals surface area contributed by atoms with Crippen molar-refractivity contribution in [3.8, 4) is 11.5 Å². The molecule has 0 aliphatic rings. The molecular formula is C17H24N2O4. The van der Waals surface area contributed by atoms with E-state index in [2.05, 4.69) is 17.2 Å². The second-order valence-corrected chi connectivity index (χ2v) is 4.65. The fraction of sp³-hybridized carbons (Fsp3) is 0.412. The maximum Gasteiger partial charge on any atom is 0.309 e. The minimum Gasteiger partial charge on any atom is -0.490 e. The molecule has 0 aromatic heterocycles. The Labute approximate surface area is 136 Å². The summed E-state index contributed by atoms with van der Waals surface area (Å²) in [5, 5.41) is 5.00. The van der Waals surface area contributed by atoms with Gasteiger partial charge in [-0.25, -0.2) is 0 Å². The molecule has 0 saturated carbocycles. The summed E-state index contributed by atoms with van der Waals surface area (Å²) in [4.78, 5) is 22.9. The summed E-state index contributed by atoms with van der Waals surface area (Å²) in [6.45, 7) is 9.03. The van der Waals surface area contributed by atoms with Crippen molar-refractivity contribution in [2.24, 2.45) is 0 Å². The van der Waals surface area contributed by atoms with Crippen molar-refractivity contribution in [1.82, 2.24) is 10.6 Å². The van der Waals surface area contributed by atoms with Crippen LogP contribution in [0.15, 0.2) is 30.9 Å². The number of amides is 2. The molecular weight excluding hydrogens is 296 g/mol. The summed E-state index contributed by atoms with van der Waals surface area (Å²) in [6, 6.07) is 5.65. The zero-order valence-corrected chi connectivity index (χ0v) is 13.7. The smallest absolute Gasteiger partial charge is 0.309 e. The number of nitrogens with one attached hydrogen (secondary N) is 2. The number of carbonyl (C=O) groups is 2. The third-order valence-electron chi connectivity index (χ3n) is 2.92. The van der Waals surface area contributed by atoms with Crippen LogP contribution >= 0.6 is 0 Å². The third kappa shape index (κ3) is 6.42. The Morgan fingerprint density at radius 1 is 1.09 bits per heavy atom. The van der Waals surface area contributed by atoms with Crippen molar-refractivity contribution in [2.75, 3.05) is 26.3 Å². The third-order valence-corrected chi connectivity index (χ3v) is 2.92. The molecule has 0 bridgehead atoms. The van der Waals surface area contributed by atoms with Gasteiger partial charge in [0.1, 0.15) is 0 Å². The maximum absolute atomic E-state index is 11.5. The second-order valence-electron chi connectivity index (χ2n) is 4.65. The highest BCUT2D eigenvalue weighted by atomic mass is 16.5. The van der Waals surface area contributed by atoms with Crippen LogP contribution < -0.4 is 20.1 Å². The van der Waals surface area contributed by atoms with E-state index in [0.717, 1.165) is 5.56 Å². The molecule has 6 heteroatoms. The molecule has 23 heavy (non-hydrogen) atoms. The zero-order chi connectivity index (χ0) is 17.1. The summed E-state index contributed by atoms with van der Waals surface area (Å²) in [7, 11) is 0. The quantitative estimate of drug-likeness (QED) is 0.533. The fourth-order valence-corrected chi connectivity index (χ4v) is 1.90. The van der Waals surface area contributed by atoms with E-state index in [1.165, 1.54) is 6.08 Å². The molecule has 0 fully saturated rings. The van der Waals surface area contributed by atoms with Gasteiger partial charge in [0.15, 0.2) is 11.5 Å². The molecule has 1 rings (SSSR count). The lowest BCUT2D eigenvalue weighted by Gasteiger charge is -2.12. The van der Waals surface area contributed by atoms with E-state index in [4.69, 9.17) is 9.47 Å². The largest absolute Gasteiger partial charge is 0.490 e. The molecule has 2 N–H and O–H groups in total. The predicted molar refractivity (Wildman–Crippen MR) is 88.7 cm³/mol. The average molecular weight is 320 g/mol. The van der Waals surface area contributed by atoms with Gasteiger partial charge in [0.05, 0.1) is 13.2 Å². The molecule has 0 saturated heterocycles. The van der Waals surface area contributed by atoms with Crippen LogP contribution in [0.1, 0.15) is 19.4 Å². The van der Waals surface area contributed by atoms with Crippen LogP contribution in [0.2, 0.25) is 0 Å². The Bertz CT molecular complexity index is 543. The van der Waals surface area contributed by atoms with Gasteiger partial charge in [-0.05, 0) is 38.0 Å². The molecule has 6 nitrogen and oxygen atoms in total. The van der Waals surface area contributed by atoms with Crippen LogP contribution in [0.5, 0.6) is 11.5 Å². The van der Waals surface area contributed by atoms with Gasteiger partial charge >= 0.3 is 11.8 Å². The first-order valence-electron chi connectivity index (χ1n) is 7.67. The molecule has 0 unspecified atom stereocenters. The number of ether oxygens (including phenoxy) is 2. The van der Waals surface area contributed by atoms with Gasteiger partial charge in [0.25, 0.3) is 0 Å². The van der Waals surface area contributed by atoms with Gasteiger partial charge in [-0.15, -0.1) is 6.58 Å². The average Bonchev–Trinajstić information content (AvgIpc) is 2.55. The summed E-state index contributed by atoms with van der Waals surface area (Å²) in [5.74, 6) is 0.0715. The molecule has 0 aliphatic carbocycles. The van der Waals surface area contributed by atoms with Crippen LogP contribution in [0, 0.1) is 0 Å². The van der Waals surface area contributed by atoms with Crippen molar-refractivity contribution in [1.29, 1.82) is 0 Å². The molecule has 126 valence electrons. The van der Waals surface area contributed by atoms with E-state index in [-0.39, 0.29) is 6.54 Å². The Morgan fingerprint density at radius 2 is 1.74 bits per heavy atom. The topological polar surface area (TPSA) is 76.7 Å². The number of hydrogen-bond donors (Lipinski definition) is 2. The summed E-state index contributed by atoms with van der Waals surface area (Å²) in [5.41, 5.74) is 0.990. The molecule has 1 aromatic rings. The zero-order valence-electron chi connectivity index (χ0n) is 13.7. The van der Waals surface area contributed by atoms with Gasteiger partial charge < -0.3 is 20.1 Å². The standard InChI is InChI=1S/C17H24N2O4/c1-4-10-18-16(20)17(21)19-11-9-13-7-8-14(22-5-2)15(12-13)23-6-3/h4,7-8,12H,1,5-6,9-11H2,2-3H3,(H,18,20)(H,19,21). The van der Waals surface area contributed by atoms with Crippen molar-refractivity contribution in [3.63, 3.8) is 0 Å². The van der Waals surface area contributed by atoms with E-state index in [1.54, 1.807) is 0 Å². The number of hydrogen-bond acceptors (Lipinski definition) is 4. The fourth-order valence-electron chi connectivity index (χ4n) is 1.90. The van der Waals surface area contributed by atoms with E-state index < -0.39 is 11.8 Å². The number of benzene rings is 1. The molecule has 2 amide bonds. The highest BCUT2D eigenvalue weighted by molar-refractivity contribution is 6.35. The number of rotatable bonds is 9. The Balaban J connectivity index is 2.54. The lowest BCUT2D eigenvalue weighted by Crippen LogP contribution is -2.40. The highest BCUT2D eigenvalue weighted by Crippen LogP contribution is 2.28. The minimum absolute atomic E-state index is 0.267. The van der Waals surface area contributed by atoms with Gasteiger partial charge in [-0.2, -0.15) is 0 Å². The Hall–Kier alpha value is -2.50. The van der Waals surface area contributed by atoms with Gasteiger partial charge in [0, 0.05) is 13.1 Å². The van der Waals surface area contributed by atoms with Gasteiger partial charge in [-0.1, -0.05) is 12.1 Å². The second kappa shape index (κ2) is 10.3. The monoisotopic (exact) mass is 320 g/mol. The summed E-state index contributed by atoms with van der Waals surface area (Å²) in [6.07, 6.45) is 2.10.